The number of aromatic nitrogens is 3. The summed E-state index contributed by atoms with van der Waals surface area (Å²) in [5.74, 6) is 1.04. The first-order chi connectivity index (χ1) is 12.2. The van der Waals surface area contributed by atoms with Gasteiger partial charge in [0.25, 0.3) is 0 Å². The van der Waals surface area contributed by atoms with E-state index in [1.54, 1.807) is 25.4 Å². The number of nitrogens with one attached hydrogen (secondary N) is 1. The first-order valence-corrected chi connectivity index (χ1v) is 7.99. The molecule has 4 rings (SSSR count). The number of hydrogen-bond donors (Lipinski definition) is 2. The number of fused-ring (bicyclic) bond motifs is 1. The molecule has 0 spiro atoms. The third-order valence-electron chi connectivity index (χ3n) is 4.18. The van der Waals surface area contributed by atoms with E-state index in [0.717, 1.165) is 39.2 Å². The number of hydrogen-bond acceptors (Lipinski definition) is 4. The van der Waals surface area contributed by atoms with Gasteiger partial charge in [-0.3, -0.25) is 10.1 Å². The maximum atomic E-state index is 9.79. The molecule has 124 valence electrons. The molecule has 0 unspecified atom stereocenters. The summed E-state index contributed by atoms with van der Waals surface area (Å²) in [5, 5.41) is 18.3. The standard InChI is InChI=1S/C20H17N3O2/c1-25-16-7-2-4-13(10-16)11-18-19-17(22-23-18)8-9-21-20(19)14-5-3-6-15(24)12-14/h2-10,12,24H,11H2,1H3,(H,22,23). The van der Waals surface area contributed by atoms with Gasteiger partial charge < -0.3 is 9.84 Å². The van der Waals surface area contributed by atoms with E-state index in [0.29, 0.717) is 6.42 Å². The highest BCUT2D eigenvalue weighted by molar-refractivity contribution is 5.94. The van der Waals surface area contributed by atoms with Crippen molar-refractivity contribution < 1.29 is 9.84 Å². The molecular weight excluding hydrogens is 314 g/mol. The van der Waals surface area contributed by atoms with E-state index in [1.807, 2.05) is 36.4 Å². The molecule has 4 aromatic rings. The number of pyridine rings is 1. The molecular formula is C20H17N3O2. The largest absolute Gasteiger partial charge is 0.508 e. The average Bonchev–Trinajstić information content (AvgIpc) is 3.05. The lowest BCUT2D eigenvalue weighted by atomic mass is 10.0. The van der Waals surface area contributed by atoms with Gasteiger partial charge in [0.15, 0.2) is 0 Å². The van der Waals surface area contributed by atoms with Crippen LogP contribution < -0.4 is 4.74 Å². The number of aromatic amines is 1. The molecule has 0 radical (unpaired) electrons. The van der Waals surface area contributed by atoms with E-state index < -0.39 is 0 Å². The lowest BCUT2D eigenvalue weighted by Crippen LogP contribution is -1.93. The summed E-state index contributed by atoms with van der Waals surface area (Å²) in [6, 6.07) is 17.0. The van der Waals surface area contributed by atoms with Crippen LogP contribution in [0.2, 0.25) is 0 Å². The van der Waals surface area contributed by atoms with Crippen LogP contribution in [0.1, 0.15) is 11.3 Å². The molecule has 2 heterocycles. The summed E-state index contributed by atoms with van der Waals surface area (Å²) in [7, 11) is 1.66. The lowest BCUT2D eigenvalue weighted by Gasteiger charge is -2.07. The van der Waals surface area contributed by atoms with Crippen molar-refractivity contribution in [3.63, 3.8) is 0 Å². The number of benzene rings is 2. The van der Waals surface area contributed by atoms with Crippen LogP contribution in [0, 0.1) is 0 Å². The number of nitrogens with zero attached hydrogens (tertiary/aromatic N) is 2. The molecule has 2 aromatic heterocycles. The van der Waals surface area contributed by atoms with E-state index in [4.69, 9.17) is 4.74 Å². The lowest BCUT2D eigenvalue weighted by molar-refractivity contribution is 0.414. The molecule has 2 N–H and O–H groups in total. The van der Waals surface area contributed by atoms with Gasteiger partial charge in [0.2, 0.25) is 0 Å². The molecule has 0 aliphatic carbocycles. The Morgan fingerprint density at radius 2 is 1.96 bits per heavy atom. The van der Waals surface area contributed by atoms with E-state index in [9.17, 15) is 5.11 Å². The van der Waals surface area contributed by atoms with Gasteiger partial charge >= 0.3 is 0 Å². The Morgan fingerprint density at radius 1 is 1.08 bits per heavy atom. The Hall–Kier alpha value is -3.34. The predicted molar refractivity (Wildman–Crippen MR) is 96.8 cm³/mol. The quantitative estimate of drug-likeness (QED) is 0.594. The van der Waals surface area contributed by atoms with E-state index in [-0.39, 0.29) is 5.75 Å². The summed E-state index contributed by atoms with van der Waals surface area (Å²) in [6.07, 6.45) is 2.42. The van der Waals surface area contributed by atoms with Crippen LogP contribution in [0.5, 0.6) is 11.5 Å². The van der Waals surface area contributed by atoms with Crippen molar-refractivity contribution in [2.75, 3.05) is 7.11 Å². The minimum absolute atomic E-state index is 0.217. The number of ether oxygens (including phenoxy) is 1. The molecule has 0 amide bonds. The smallest absolute Gasteiger partial charge is 0.119 e. The van der Waals surface area contributed by atoms with Crippen LogP contribution in [0.3, 0.4) is 0 Å². The van der Waals surface area contributed by atoms with E-state index >= 15 is 0 Å². The second-order valence-corrected chi connectivity index (χ2v) is 5.83. The van der Waals surface area contributed by atoms with Crippen LogP contribution in [0.25, 0.3) is 22.2 Å². The van der Waals surface area contributed by atoms with E-state index in [2.05, 4.69) is 21.2 Å². The van der Waals surface area contributed by atoms with Crippen molar-refractivity contribution in [2.45, 2.75) is 6.42 Å². The molecule has 0 aliphatic heterocycles. The number of methoxy groups -OCH3 is 1. The second-order valence-electron chi connectivity index (χ2n) is 5.83. The predicted octanol–water partition coefficient (Wildman–Crippen LogP) is 3.93. The van der Waals surface area contributed by atoms with Gasteiger partial charge in [-0.25, -0.2) is 0 Å². The Kier molecular flexibility index (Phi) is 3.82. The zero-order valence-corrected chi connectivity index (χ0v) is 13.7. The summed E-state index contributed by atoms with van der Waals surface area (Å²) in [6.45, 7) is 0. The Morgan fingerprint density at radius 3 is 2.80 bits per heavy atom. The summed E-state index contributed by atoms with van der Waals surface area (Å²) < 4.78 is 5.30. The molecule has 0 bridgehead atoms. The zero-order valence-electron chi connectivity index (χ0n) is 13.7. The monoisotopic (exact) mass is 331 g/mol. The van der Waals surface area contributed by atoms with Crippen LogP contribution in [0.4, 0.5) is 0 Å². The fourth-order valence-corrected chi connectivity index (χ4v) is 3.01. The van der Waals surface area contributed by atoms with E-state index in [1.165, 1.54) is 0 Å². The van der Waals surface area contributed by atoms with Gasteiger partial charge in [-0.15, -0.1) is 0 Å². The SMILES string of the molecule is COc1cccc(Cc2[nH]nc3ccnc(-c4cccc(O)c4)c23)c1. The van der Waals surface area contributed by atoms with Crippen LogP contribution in [-0.2, 0) is 6.42 Å². The number of aromatic hydroxyl groups is 1. The third kappa shape index (κ3) is 2.92. The van der Waals surface area contributed by atoms with Crippen molar-refractivity contribution in [1.29, 1.82) is 0 Å². The van der Waals surface area contributed by atoms with Crippen molar-refractivity contribution >= 4 is 10.9 Å². The van der Waals surface area contributed by atoms with Crippen molar-refractivity contribution in [3.05, 3.63) is 72.1 Å². The number of phenolic OH excluding ortho intramolecular Hbond substituents is 1. The first-order valence-electron chi connectivity index (χ1n) is 7.99. The molecule has 5 heteroatoms. The highest BCUT2D eigenvalue weighted by Crippen LogP contribution is 2.31. The summed E-state index contributed by atoms with van der Waals surface area (Å²) in [4.78, 5) is 4.53. The Labute approximate surface area is 144 Å². The maximum Gasteiger partial charge on any atom is 0.119 e. The van der Waals surface area contributed by atoms with Crippen LogP contribution in [0.15, 0.2) is 60.8 Å². The molecule has 5 nitrogen and oxygen atoms in total. The molecule has 0 saturated carbocycles. The highest BCUT2D eigenvalue weighted by Gasteiger charge is 2.14. The Balaban J connectivity index is 1.82. The van der Waals surface area contributed by atoms with Crippen molar-refractivity contribution in [1.82, 2.24) is 15.2 Å². The average molecular weight is 331 g/mol. The topological polar surface area (TPSA) is 71.0 Å². The van der Waals surface area contributed by atoms with Gasteiger partial charge in [-0.2, -0.15) is 5.10 Å². The highest BCUT2D eigenvalue weighted by atomic mass is 16.5. The van der Waals surface area contributed by atoms with Gasteiger partial charge in [-0.1, -0.05) is 24.3 Å². The van der Waals surface area contributed by atoms with Gasteiger partial charge in [0.05, 0.1) is 18.3 Å². The zero-order chi connectivity index (χ0) is 17.2. The fraction of sp³-hybridized carbons (Fsp3) is 0.100. The number of H-pyrrole nitrogens is 1. The van der Waals surface area contributed by atoms with Gasteiger partial charge in [0.1, 0.15) is 11.5 Å². The van der Waals surface area contributed by atoms with Gasteiger partial charge in [-0.05, 0) is 35.9 Å². The molecule has 0 aliphatic rings. The fourth-order valence-electron chi connectivity index (χ4n) is 3.01. The number of phenols is 1. The third-order valence-corrected chi connectivity index (χ3v) is 4.18. The summed E-state index contributed by atoms with van der Waals surface area (Å²) in [5.41, 5.74) is 4.62. The van der Waals surface area contributed by atoms with Crippen LogP contribution >= 0.6 is 0 Å². The molecule has 0 fully saturated rings. The molecule has 0 atom stereocenters. The minimum Gasteiger partial charge on any atom is -0.508 e. The van der Waals surface area contributed by atoms with Crippen molar-refractivity contribution in [2.24, 2.45) is 0 Å². The van der Waals surface area contributed by atoms with Crippen molar-refractivity contribution in [3.8, 4) is 22.8 Å². The number of rotatable bonds is 4. The normalized spacial score (nSPS) is 10.9. The minimum atomic E-state index is 0.217. The Bertz CT molecular complexity index is 1040. The van der Waals surface area contributed by atoms with Gasteiger partial charge in [0, 0.05) is 29.3 Å². The molecule has 0 saturated heterocycles. The first kappa shape index (κ1) is 15.2. The molecule has 25 heavy (non-hydrogen) atoms. The van der Waals surface area contributed by atoms with Crippen LogP contribution in [-0.4, -0.2) is 27.4 Å². The maximum absolute atomic E-state index is 9.79. The summed E-state index contributed by atoms with van der Waals surface area (Å²) >= 11 is 0. The molecule has 2 aromatic carbocycles. The second kappa shape index (κ2) is 6.28.